The van der Waals surface area contributed by atoms with Crippen LogP contribution < -0.4 is 14.2 Å². The van der Waals surface area contributed by atoms with Gasteiger partial charge in [0.2, 0.25) is 11.7 Å². The lowest BCUT2D eigenvalue weighted by molar-refractivity contribution is -0.127. The quantitative estimate of drug-likeness (QED) is 0.666. The predicted molar refractivity (Wildman–Crippen MR) is 111 cm³/mol. The van der Waals surface area contributed by atoms with Gasteiger partial charge in [-0.1, -0.05) is 0 Å². The van der Waals surface area contributed by atoms with E-state index in [4.69, 9.17) is 14.2 Å². The van der Waals surface area contributed by atoms with E-state index in [1.807, 2.05) is 17.0 Å². The van der Waals surface area contributed by atoms with Gasteiger partial charge in [-0.15, -0.1) is 0 Å². The van der Waals surface area contributed by atoms with E-state index in [1.54, 1.807) is 44.8 Å². The zero-order valence-electron chi connectivity index (χ0n) is 16.5. The van der Waals surface area contributed by atoms with Gasteiger partial charge >= 0.3 is 0 Å². The number of thiophene rings is 1. The first-order valence-electron chi connectivity index (χ1n) is 9.15. The summed E-state index contributed by atoms with van der Waals surface area (Å²) in [6.45, 7) is 4.21. The predicted octanol–water partition coefficient (Wildman–Crippen LogP) is 3.13. The third kappa shape index (κ3) is 4.85. The molecule has 1 aromatic heterocycles. The molecule has 0 bridgehead atoms. The van der Waals surface area contributed by atoms with E-state index < -0.39 is 0 Å². The second-order valence-corrected chi connectivity index (χ2v) is 7.31. The van der Waals surface area contributed by atoms with Crippen molar-refractivity contribution in [2.75, 3.05) is 47.5 Å². The van der Waals surface area contributed by atoms with Crippen molar-refractivity contribution in [2.24, 2.45) is 0 Å². The molecule has 6 nitrogen and oxygen atoms in total. The highest BCUT2D eigenvalue weighted by Gasteiger charge is 2.20. The normalized spacial score (nSPS) is 15.0. The second kappa shape index (κ2) is 9.61. The Morgan fingerprint density at radius 1 is 1.07 bits per heavy atom. The molecule has 0 aliphatic carbocycles. The van der Waals surface area contributed by atoms with Crippen molar-refractivity contribution < 1.29 is 19.0 Å². The van der Waals surface area contributed by atoms with Crippen molar-refractivity contribution >= 4 is 23.3 Å². The third-order valence-corrected chi connectivity index (χ3v) is 5.51. The molecule has 1 amide bonds. The highest BCUT2D eigenvalue weighted by molar-refractivity contribution is 7.07. The molecule has 1 saturated heterocycles. The first-order chi connectivity index (χ1) is 13.6. The summed E-state index contributed by atoms with van der Waals surface area (Å²) in [7, 11) is 4.72. The van der Waals surface area contributed by atoms with Gasteiger partial charge < -0.3 is 19.1 Å². The van der Waals surface area contributed by atoms with Crippen molar-refractivity contribution in [3.63, 3.8) is 0 Å². The monoisotopic (exact) mass is 402 g/mol. The highest BCUT2D eigenvalue weighted by Crippen LogP contribution is 2.38. The van der Waals surface area contributed by atoms with Crippen molar-refractivity contribution in [1.29, 1.82) is 0 Å². The van der Waals surface area contributed by atoms with Gasteiger partial charge in [0.05, 0.1) is 21.3 Å². The molecule has 1 aliphatic rings. The standard InChI is InChI=1S/C21H26N2O4S/c1-25-18-12-16(13-19(26-2)21(18)27-3)4-5-20(24)23-9-7-22(8-10-23)14-17-6-11-28-15-17/h4-6,11-13,15H,7-10,14H2,1-3H3/b5-4+. The Kier molecular flexibility index (Phi) is 6.95. The molecule has 0 spiro atoms. The topological polar surface area (TPSA) is 51.2 Å². The molecule has 7 heteroatoms. The van der Waals surface area contributed by atoms with Crippen LogP contribution in [-0.2, 0) is 11.3 Å². The maximum atomic E-state index is 12.6. The van der Waals surface area contributed by atoms with Crippen LogP contribution in [0.4, 0.5) is 0 Å². The molecule has 2 aromatic rings. The molecule has 2 heterocycles. The van der Waals surface area contributed by atoms with E-state index in [9.17, 15) is 4.79 Å². The van der Waals surface area contributed by atoms with Gasteiger partial charge in [-0.25, -0.2) is 0 Å². The maximum Gasteiger partial charge on any atom is 0.246 e. The van der Waals surface area contributed by atoms with Crippen LogP contribution >= 0.6 is 11.3 Å². The Morgan fingerprint density at radius 3 is 2.29 bits per heavy atom. The number of hydrogen-bond acceptors (Lipinski definition) is 6. The molecule has 1 fully saturated rings. The first-order valence-corrected chi connectivity index (χ1v) is 10.1. The number of methoxy groups -OCH3 is 3. The van der Waals surface area contributed by atoms with Gasteiger partial charge in [0, 0.05) is 38.8 Å². The molecule has 0 saturated carbocycles. The lowest BCUT2D eigenvalue weighted by Gasteiger charge is -2.34. The Balaban J connectivity index is 1.59. The molecular weight excluding hydrogens is 376 g/mol. The molecule has 0 atom stereocenters. The van der Waals surface area contributed by atoms with E-state index in [2.05, 4.69) is 21.7 Å². The summed E-state index contributed by atoms with van der Waals surface area (Å²) < 4.78 is 16.0. The first kappa shape index (κ1) is 20.2. The Morgan fingerprint density at radius 2 is 1.75 bits per heavy atom. The number of hydrogen-bond donors (Lipinski definition) is 0. The molecule has 0 unspecified atom stereocenters. The summed E-state index contributed by atoms with van der Waals surface area (Å²) in [6.07, 6.45) is 3.39. The number of piperazine rings is 1. The number of ether oxygens (including phenoxy) is 3. The molecule has 3 rings (SSSR count). The van der Waals surface area contributed by atoms with Crippen LogP contribution in [0.15, 0.2) is 35.0 Å². The van der Waals surface area contributed by atoms with Gasteiger partial charge in [0.25, 0.3) is 0 Å². The van der Waals surface area contributed by atoms with Crippen LogP contribution in [0.3, 0.4) is 0 Å². The number of nitrogens with zero attached hydrogens (tertiary/aromatic N) is 2. The van der Waals surface area contributed by atoms with E-state index in [0.717, 1.165) is 38.3 Å². The molecule has 0 N–H and O–H groups in total. The van der Waals surface area contributed by atoms with E-state index in [1.165, 1.54) is 5.56 Å². The van der Waals surface area contributed by atoms with Crippen LogP contribution in [0.5, 0.6) is 17.2 Å². The average Bonchev–Trinajstić information content (AvgIpc) is 3.24. The number of carbonyl (C=O) groups is 1. The molecular formula is C21H26N2O4S. The van der Waals surface area contributed by atoms with Crippen LogP contribution in [0.2, 0.25) is 0 Å². The second-order valence-electron chi connectivity index (χ2n) is 6.53. The summed E-state index contributed by atoms with van der Waals surface area (Å²) in [6, 6.07) is 5.80. The van der Waals surface area contributed by atoms with E-state index >= 15 is 0 Å². The van der Waals surface area contributed by atoms with Crippen LogP contribution in [0.1, 0.15) is 11.1 Å². The van der Waals surface area contributed by atoms with Gasteiger partial charge in [0.15, 0.2) is 11.5 Å². The highest BCUT2D eigenvalue weighted by atomic mass is 32.1. The average molecular weight is 403 g/mol. The zero-order valence-corrected chi connectivity index (χ0v) is 17.3. The van der Waals surface area contributed by atoms with Crippen LogP contribution in [0, 0.1) is 0 Å². The summed E-state index contributed by atoms with van der Waals surface area (Å²) in [5.74, 6) is 1.69. The number of amides is 1. The minimum atomic E-state index is 0.0175. The fourth-order valence-electron chi connectivity index (χ4n) is 3.24. The number of benzene rings is 1. The SMILES string of the molecule is COc1cc(/C=C/C(=O)N2CCN(Cc3ccsc3)CC2)cc(OC)c1OC. The Labute approximate surface area is 169 Å². The molecule has 1 aromatic carbocycles. The summed E-state index contributed by atoms with van der Waals surface area (Å²) in [5.41, 5.74) is 2.16. The molecule has 150 valence electrons. The lowest BCUT2D eigenvalue weighted by atomic mass is 10.1. The molecule has 0 radical (unpaired) electrons. The van der Waals surface area contributed by atoms with E-state index in [0.29, 0.717) is 17.2 Å². The van der Waals surface area contributed by atoms with Crippen LogP contribution in [-0.4, -0.2) is 63.2 Å². The van der Waals surface area contributed by atoms with Crippen molar-refractivity contribution in [1.82, 2.24) is 9.80 Å². The smallest absolute Gasteiger partial charge is 0.246 e. The van der Waals surface area contributed by atoms with Crippen molar-refractivity contribution in [2.45, 2.75) is 6.54 Å². The largest absolute Gasteiger partial charge is 0.493 e. The molecule has 1 aliphatic heterocycles. The maximum absolute atomic E-state index is 12.6. The Hall–Kier alpha value is -2.51. The van der Waals surface area contributed by atoms with Gasteiger partial charge in [-0.05, 0) is 46.2 Å². The van der Waals surface area contributed by atoms with E-state index in [-0.39, 0.29) is 5.91 Å². The Bertz CT molecular complexity index is 787. The number of carbonyl (C=O) groups excluding carboxylic acids is 1. The molecule has 28 heavy (non-hydrogen) atoms. The van der Waals surface area contributed by atoms with Crippen molar-refractivity contribution in [3.05, 3.63) is 46.2 Å². The van der Waals surface area contributed by atoms with Gasteiger partial charge in [0.1, 0.15) is 0 Å². The van der Waals surface area contributed by atoms with Gasteiger partial charge in [-0.2, -0.15) is 11.3 Å². The van der Waals surface area contributed by atoms with Crippen molar-refractivity contribution in [3.8, 4) is 17.2 Å². The summed E-state index contributed by atoms with van der Waals surface area (Å²) in [5, 5.41) is 4.28. The summed E-state index contributed by atoms with van der Waals surface area (Å²) >= 11 is 1.72. The summed E-state index contributed by atoms with van der Waals surface area (Å²) in [4.78, 5) is 16.8. The fraction of sp³-hybridized carbons (Fsp3) is 0.381. The van der Waals surface area contributed by atoms with Gasteiger partial charge in [-0.3, -0.25) is 9.69 Å². The fourth-order valence-corrected chi connectivity index (χ4v) is 3.90. The third-order valence-electron chi connectivity index (χ3n) is 4.78. The minimum absolute atomic E-state index is 0.0175. The van der Waals surface area contributed by atoms with Crippen LogP contribution in [0.25, 0.3) is 6.08 Å². The lowest BCUT2D eigenvalue weighted by Crippen LogP contribution is -2.47. The zero-order chi connectivity index (χ0) is 19.9. The number of rotatable bonds is 7. The minimum Gasteiger partial charge on any atom is -0.493 e.